The summed E-state index contributed by atoms with van der Waals surface area (Å²) in [6.07, 6.45) is 6.20. The van der Waals surface area contributed by atoms with Crippen molar-refractivity contribution in [3.63, 3.8) is 0 Å². The van der Waals surface area contributed by atoms with Crippen molar-refractivity contribution < 1.29 is 129 Å². The van der Waals surface area contributed by atoms with Crippen molar-refractivity contribution in [2.75, 3.05) is 128 Å². The van der Waals surface area contributed by atoms with Gasteiger partial charge >= 0.3 is 11.9 Å². The van der Waals surface area contributed by atoms with Gasteiger partial charge in [0.1, 0.15) is 42.1 Å². The van der Waals surface area contributed by atoms with Crippen LogP contribution >= 0.6 is 0 Å². The minimum absolute atomic E-state index is 0.0211. The molecule has 0 aromatic heterocycles. The van der Waals surface area contributed by atoms with Gasteiger partial charge in [0, 0.05) is 132 Å². The highest BCUT2D eigenvalue weighted by Gasteiger charge is 2.31. The molecule has 12 N–H and O–H groups in total. The van der Waals surface area contributed by atoms with Gasteiger partial charge in [-0.05, 0) is 55.9 Å². The van der Waals surface area contributed by atoms with Crippen LogP contribution in [0, 0.1) is 11.8 Å². The summed E-state index contributed by atoms with van der Waals surface area (Å²) in [4.78, 5) is 253. The number of methoxy groups -OCH3 is 2. The van der Waals surface area contributed by atoms with Gasteiger partial charge in [-0.2, -0.15) is 0 Å². The van der Waals surface area contributed by atoms with Gasteiger partial charge in [0.25, 0.3) is 23.6 Å². The van der Waals surface area contributed by atoms with Crippen molar-refractivity contribution >= 4 is 123 Å². The Labute approximate surface area is 686 Å². The Bertz CT molecular complexity index is 3610. The third-order valence-corrected chi connectivity index (χ3v) is 17.6. The number of imide groups is 1. The van der Waals surface area contributed by atoms with E-state index in [0.717, 1.165) is 35.5 Å². The first-order valence-corrected chi connectivity index (χ1v) is 39.1. The molecule has 0 saturated heterocycles. The van der Waals surface area contributed by atoms with Gasteiger partial charge in [0.2, 0.25) is 47.3 Å². The lowest BCUT2D eigenvalue weighted by Crippen LogP contribution is -3.05. The highest BCUT2D eigenvalue weighted by Crippen LogP contribution is 2.31. The molecule has 38 nitrogen and oxygen atoms in total. The molecule has 0 spiro atoms. The Morgan fingerprint density at radius 3 is 0.992 bits per heavy atom. The fourth-order valence-electron chi connectivity index (χ4n) is 10.6. The number of quaternary nitrogens is 2. The van der Waals surface area contributed by atoms with Crippen LogP contribution in [0.3, 0.4) is 0 Å². The molecule has 118 heavy (non-hydrogen) atoms. The monoisotopic (exact) mass is 1660 g/mol. The number of Topliss-reactive ketones (excluding diaryl/α,β-unsaturated/α-hetero) is 7. The van der Waals surface area contributed by atoms with Gasteiger partial charge in [-0.25, -0.2) is 0 Å². The average Bonchev–Trinajstić information content (AvgIpc) is 1.44. The maximum absolute atomic E-state index is 12.1. The van der Waals surface area contributed by atoms with E-state index in [1.165, 1.54) is 57.5 Å². The van der Waals surface area contributed by atoms with Crippen LogP contribution in [0.25, 0.3) is 0 Å². The predicted octanol–water partition coefficient (Wildman–Crippen LogP) is -2.99. The largest absolute Gasteiger partial charge is 0.496 e. The summed E-state index contributed by atoms with van der Waals surface area (Å²) in [6, 6.07) is 9.29. The first-order valence-electron chi connectivity index (χ1n) is 39.1. The van der Waals surface area contributed by atoms with Gasteiger partial charge < -0.3 is 81.9 Å². The summed E-state index contributed by atoms with van der Waals surface area (Å²) in [5.41, 5.74) is 1.78. The molecule has 0 atom stereocenters. The van der Waals surface area contributed by atoms with Crippen LogP contribution in [0.1, 0.15) is 175 Å². The van der Waals surface area contributed by atoms with Crippen molar-refractivity contribution in [1.29, 1.82) is 0 Å². The zero-order valence-electron chi connectivity index (χ0n) is 69.6. The molecule has 1 heterocycles. The second-order valence-electron chi connectivity index (χ2n) is 27.6. The van der Waals surface area contributed by atoms with Crippen molar-refractivity contribution in [1.82, 2.24) is 58.1 Å². The van der Waals surface area contributed by atoms with Crippen LogP contribution in [0.4, 0.5) is 0 Å². The summed E-state index contributed by atoms with van der Waals surface area (Å²) in [6.45, 7) is 4.33. The third-order valence-electron chi connectivity index (χ3n) is 17.6. The minimum atomic E-state index is -0.683. The number of hydrogen-bond acceptors (Lipinski definition) is 25. The molecule has 1 saturated carbocycles. The van der Waals surface area contributed by atoms with Gasteiger partial charge in [-0.3, -0.25) is 106 Å². The third kappa shape index (κ3) is 47.3. The zero-order valence-corrected chi connectivity index (χ0v) is 69.6. The molecule has 652 valence electrons. The summed E-state index contributed by atoms with van der Waals surface area (Å²) < 4.78 is 20.8. The second-order valence-corrected chi connectivity index (χ2v) is 27.6. The van der Waals surface area contributed by atoms with E-state index in [0.29, 0.717) is 84.4 Å². The number of nitrogens with zero attached hydrogens (tertiary/aromatic N) is 1. The molecule has 0 radical (unpaired) electrons. The molecule has 4 rings (SSSR count). The molecule has 2 aromatic carbocycles. The molecular weight excluding hydrogens is 1540 g/mol. The SMILES string of the molecule is CC.CCC(=O)C1CCC(CN2C(=O)C=CC2=O)CC1.CNC(=O)c1ccc(COC(=O)CCC(=O)CNC(=O)CNC(=O)CNC(=O)CCC(=O)CNC(=O)CCC(=O)CC[NH+](C)C)c(OC)c1.CNC(=O)c1ccc(COC(=O)CCC(=O)CNC(=O)CNC(=O)CNC(=O)CCC(=O)CNC(=O)CCC(=O)CC[NH+](C)C)c(OC)c1. The van der Waals surface area contributed by atoms with Crippen LogP contribution < -0.4 is 72.4 Å². The van der Waals surface area contributed by atoms with Crippen LogP contribution in [-0.4, -0.2) is 257 Å². The average molecular weight is 1660 g/mol. The van der Waals surface area contributed by atoms with Crippen molar-refractivity contribution in [2.24, 2.45) is 11.8 Å². The number of carbonyl (C=O) groups is 21. The van der Waals surface area contributed by atoms with Crippen molar-refractivity contribution in [3.8, 4) is 11.5 Å². The topological polar surface area (TPSA) is 528 Å². The predicted molar refractivity (Wildman–Crippen MR) is 424 cm³/mol. The molecule has 12 amide bonds. The summed E-state index contributed by atoms with van der Waals surface area (Å²) in [5.74, 6) is -7.21. The van der Waals surface area contributed by atoms with Crippen LogP contribution in [-0.2, 0) is 114 Å². The van der Waals surface area contributed by atoms with Gasteiger partial charge in [-0.1, -0.05) is 32.9 Å². The lowest BCUT2D eigenvalue weighted by molar-refractivity contribution is -0.857. The highest BCUT2D eigenvalue weighted by atomic mass is 16.5. The number of benzene rings is 2. The molecule has 2 aromatic rings. The standard InChI is InChI=1S/2C32H46N6O11.C14H19NO3.C2H6/c2*1-33-32(47)21-5-6-22(26(15-21)48-4)20-49-31(46)12-9-25(41)17-35-29(44)19-37-30(45)18-36-28(43)11-8-24(40)16-34-27(42)10-7-23(39)13-14-38(2)3;1-2-12(16)11-5-3-10(4-6-11)9-15-13(17)7-8-14(15)18;1-2/h2*5-6,15H,7-14,16-20H2,1-4H3,(H,33,47)(H,34,42)(H,35,44)(H,36,43)(H,37,45);7-8,10-11H,2-6,9H2,1H3;1-2H3/p+2. The van der Waals surface area contributed by atoms with Gasteiger partial charge in [0.15, 0.2) is 23.1 Å². The second kappa shape index (κ2) is 59.8. The molecule has 1 aliphatic carbocycles. The molecule has 2 aliphatic rings. The number of amides is 12. The summed E-state index contributed by atoms with van der Waals surface area (Å²) in [5, 5.41) is 23.6. The Hall–Kier alpha value is -11.8. The van der Waals surface area contributed by atoms with E-state index in [4.69, 9.17) is 18.9 Å². The molecule has 38 heteroatoms. The maximum Gasteiger partial charge on any atom is 0.306 e. The fraction of sp³-hybridized carbons (Fsp3) is 0.562. The number of rotatable bonds is 52. The first kappa shape index (κ1) is 104. The number of carbonyl (C=O) groups excluding carboxylic acids is 21. The number of ketones is 7. The molecular formula is C80H119N13O25+2. The van der Waals surface area contributed by atoms with E-state index in [9.17, 15) is 101 Å². The summed E-state index contributed by atoms with van der Waals surface area (Å²) >= 11 is 0. The van der Waals surface area contributed by atoms with Gasteiger partial charge in [0.05, 0.1) is 134 Å². The van der Waals surface area contributed by atoms with E-state index in [-0.39, 0.29) is 158 Å². The number of hydrogen-bond donors (Lipinski definition) is 12. The molecule has 1 fully saturated rings. The lowest BCUT2D eigenvalue weighted by atomic mass is 9.79. The number of esters is 2. The Morgan fingerprint density at radius 1 is 0.390 bits per heavy atom. The maximum atomic E-state index is 12.1. The zero-order chi connectivity index (χ0) is 88.7. The van der Waals surface area contributed by atoms with E-state index in [1.807, 2.05) is 49.0 Å². The Morgan fingerprint density at radius 2 is 0.686 bits per heavy atom. The Balaban J connectivity index is 0.000000955. The Kier molecular flexibility index (Phi) is 52.8. The van der Waals surface area contributed by atoms with E-state index in [1.54, 1.807) is 24.3 Å². The highest BCUT2D eigenvalue weighted by molar-refractivity contribution is 6.13. The number of ether oxygens (including phenoxy) is 4. The van der Waals surface area contributed by atoms with Crippen molar-refractivity contribution in [2.45, 2.75) is 156 Å². The number of nitrogens with one attached hydrogen (secondary N) is 12. The molecule has 1 aliphatic heterocycles. The summed E-state index contributed by atoms with van der Waals surface area (Å²) in [7, 11) is 13.5. The first-order chi connectivity index (χ1) is 56.1. The van der Waals surface area contributed by atoms with Crippen LogP contribution in [0.5, 0.6) is 11.5 Å². The van der Waals surface area contributed by atoms with Crippen LogP contribution in [0.2, 0.25) is 0 Å². The lowest BCUT2D eigenvalue weighted by Gasteiger charge is -2.29. The smallest absolute Gasteiger partial charge is 0.306 e. The van der Waals surface area contributed by atoms with E-state index < -0.39 is 109 Å². The quantitative estimate of drug-likeness (QED) is 0.0232. The van der Waals surface area contributed by atoms with Crippen molar-refractivity contribution in [3.05, 3.63) is 70.8 Å². The fourth-order valence-corrected chi connectivity index (χ4v) is 10.6. The molecule has 0 unspecified atom stereocenters. The van der Waals surface area contributed by atoms with E-state index in [2.05, 4.69) is 53.2 Å². The van der Waals surface area contributed by atoms with Gasteiger partial charge in [-0.15, -0.1) is 0 Å². The van der Waals surface area contributed by atoms with Crippen LogP contribution in [0.15, 0.2) is 48.6 Å². The minimum Gasteiger partial charge on any atom is -0.496 e. The molecule has 0 bridgehead atoms. The van der Waals surface area contributed by atoms with E-state index >= 15 is 0 Å². The normalized spacial score (nSPS) is 12.9.